The van der Waals surface area contributed by atoms with Crippen LogP contribution in [-0.2, 0) is 22.6 Å². The molecule has 2 heterocycles. The second-order valence-electron chi connectivity index (χ2n) is 7.77. The number of nitrogens with zero attached hydrogens (tertiary/aromatic N) is 2. The molecule has 0 saturated heterocycles. The van der Waals surface area contributed by atoms with Crippen LogP contribution >= 0.6 is 27.3 Å². The molecule has 148 valence electrons. The molecule has 1 fully saturated rings. The molecule has 2 atom stereocenters. The van der Waals surface area contributed by atoms with E-state index in [0.29, 0.717) is 6.54 Å². The van der Waals surface area contributed by atoms with Crippen molar-refractivity contribution in [3.8, 4) is 0 Å². The number of benzene rings is 1. The summed E-state index contributed by atoms with van der Waals surface area (Å²) in [6.45, 7) is 1.33. The molecule has 1 aliphatic carbocycles. The molecule has 0 radical (unpaired) electrons. The van der Waals surface area contributed by atoms with E-state index in [1.54, 1.807) is 16.2 Å². The van der Waals surface area contributed by atoms with E-state index in [0.717, 1.165) is 53.0 Å². The van der Waals surface area contributed by atoms with Crippen molar-refractivity contribution in [3.05, 3.63) is 50.6 Å². The van der Waals surface area contributed by atoms with Gasteiger partial charge in [-0.3, -0.25) is 9.59 Å². The van der Waals surface area contributed by atoms with Crippen molar-refractivity contribution < 1.29 is 9.59 Å². The molecule has 1 aromatic carbocycles. The number of carbonyl (C=O) groups excluding carboxylic acids is 2. The van der Waals surface area contributed by atoms with Crippen molar-refractivity contribution in [2.75, 3.05) is 18.5 Å². The average molecular weight is 461 g/mol. The first-order valence-electron chi connectivity index (χ1n) is 9.93. The summed E-state index contributed by atoms with van der Waals surface area (Å²) in [5, 5.41) is 0. The van der Waals surface area contributed by atoms with Gasteiger partial charge in [-0.15, -0.1) is 11.3 Å². The van der Waals surface area contributed by atoms with Gasteiger partial charge in [-0.25, -0.2) is 0 Å². The maximum absolute atomic E-state index is 13.4. The Balaban J connectivity index is 1.49. The average Bonchev–Trinajstić information content (AvgIpc) is 3.32. The van der Waals surface area contributed by atoms with Gasteiger partial charge in [0.15, 0.2) is 0 Å². The molecule has 1 aromatic heterocycles. The van der Waals surface area contributed by atoms with Gasteiger partial charge in [0, 0.05) is 30.1 Å². The van der Waals surface area contributed by atoms with Crippen molar-refractivity contribution in [1.29, 1.82) is 0 Å². The Morgan fingerprint density at radius 2 is 1.89 bits per heavy atom. The standard InChI is InChI=1S/C22H25BrN2O2S/c1-24(14-16-10-11-20(23)28-16)21(26)17-7-3-4-8-18(17)22(27)25-13-12-15-6-2-5-9-19(15)25/h2,5-6,9-11,17-18H,3-4,7-8,12-14H2,1H3. The van der Waals surface area contributed by atoms with E-state index in [2.05, 4.69) is 22.0 Å². The van der Waals surface area contributed by atoms with Gasteiger partial charge in [0.05, 0.1) is 16.2 Å². The van der Waals surface area contributed by atoms with Gasteiger partial charge in [0.25, 0.3) is 0 Å². The summed E-state index contributed by atoms with van der Waals surface area (Å²) in [6.07, 6.45) is 4.57. The number of thiophene rings is 1. The third-order valence-electron chi connectivity index (χ3n) is 5.95. The molecular formula is C22H25BrN2O2S. The van der Waals surface area contributed by atoms with Crippen LogP contribution in [0.1, 0.15) is 36.1 Å². The topological polar surface area (TPSA) is 40.6 Å². The Kier molecular flexibility index (Phi) is 5.88. The number of hydrogen-bond acceptors (Lipinski definition) is 3. The fraction of sp³-hybridized carbons (Fsp3) is 0.455. The summed E-state index contributed by atoms with van der Waals surface area (Å²) in [4.78, 5) is 31.5. The Bertz CT molecular complexity index is 881. The van der Waals surface area contributed by atoms with Crippen molar-refractivity contribution in [1.82, 2.24) is 4.90 Å². The SMILES string of the molecule is CN(Cc1ccc(Br)s1)C(=O)C1CCCCC1C(=O)N1CCc2ccccc21. The normalized spacial score (nSPS) is 21.4. The van der Waals surface area contributed by atoms with Gasteiger partial charge in [0.1, 0.15) is 0 Å². The van der Waals surface area contributed by atoms with Crippen LogP contribution in [0.25, 0.3) is 0 Å². The highest BCUT2D eigenvalue weighted by Crippen LogP contribution is 2.37. The minimum atomic E-state index is -0.206. The number of halogens is 1. The summed E-state index contributed by atoms with van der Waals surface area (Å²) < 4.78 is 1.07. The van der Waals surface area contributed by atoms with Gasteiger partial charge in [-0.2, -0.15) is 0 Å². The highest BCUT2D eigenvalue weighted by Gasteiger charge is 2.40. The molecule has 1 saturated carbocycles. The lowest BCUT2D eigenvalue weighted by Crippen LogP contribution is -2.45. The number of carbonyl (C=O) groups is 2. The maximum Gasteiger partial charge on any atom is 0.230 e. The largest absolute Gasteiger partial charge is 0.340 e. The summed E-state index contributed by atoms with van der Waals surface area (Å²) in [6, 6.07) is 12.2. The quantitative estimate of drug-likeness (QED) is 0.652. The lowest BCUT2D eigenvalue weighted by molar-refractivity contribution is -0.142. The maximum atomic E-state index is 13.4. The first-order chi connectivity index (χ1) is 13.5. The van der Waals surface area contributed by atoms with Gasteiger partial charge in [-0.05, 0) is 59.0 Å². The second-order valence-corrected chi connectivity index (χ2v) is 10.3. The molecule has 2 aliphatic rings. The molecule has 0 N–H and O–H groups in total. The van der Waals surface area contributed by atoms with E-state index in [-0.39, 0.29) is 23.7 Å². The predicted octanol–water partition coefficient (Wildman–Crippen LogP) is 4.86. The first-order valence-corrected chi connectivity index (χ1v) is 11.5. The van der Waals surface area contributed by atoms with E-state index in [1.165, 1.54) is 5.56 Å². The fourth-order valence-corrected chi connectivity index (χ4v) is 6.06. The number of anilines is 1. The molecule has 0 bridgehead atoms. The monoisotopic (exact) mass is 460 g/mol. The molecule has 1 aliphatic heterocycles. The van der Waals surface area contributed by atoms with E-state index >= 15 is 0 Å². The first kappa shape index (κ1) is 19.6. The molecule has 2 aromatic rings. The number of rotatable bonds is 4. The Morgan fingerprint density at radius 1 is 1.14 bits per heavy atom. The highest BCUT2D eigenvalue weighted by atomic mass is 79.9. The van der Waals surface area contributed by atoms with E-state index in [9.17, 15) is 9.59 Å². The van der Waals surface area contributed by atoms with Gasteiger partial charge >= 0.3 is 0 Å². The van der Waals surface area contributed by atoms with E-state index in [4.69, 9.17) is 0 Å². The van der Waals surface area contributed by atoms with Crippen LogP contribution in [-0.4, -0.2) is 30.3 Å². The van der Waals surface area contributed by atoms with Crippen LogP contribution in [0.4, 0.5) is 5.69 Å². The number of amides is 2. The summed E-state index contributed by atoms with van der Waals surface area (Å²) >= 11 is 5.13. The number of para-hydroxylation sites is 1. The molecule has 0 spiro atoms. The van der Waals surface area contributed by atoms with Crippen LogP contribution in [0.15, 0.2) is 40.2 Å². The molecule has 6 heteroatoms. The second kappa shape index (κ2) is 8.37. The summed E-state index contributed by atoms with van der Waals surface area (Å²) in [5.74, 6) is -0.169. The van der Waals surface area contributed by atoms with Crippen molar-refractivity contribution in [3.63, 3.8) is 0 Å². The van der Waals surface area contributed by atoms with Gasteiger partial charge in [-0.1, -0.05) is 31.0 Å². The predicted molar refractivity (Wildman–Crippen MR) is 116 cm³/mol. The van der Waals surface area contributed by atoms with E-state index < -0.39 is 0 Å². The van der Waals surface area contributed by atoms with Gasteiger partial charge < -0.3 is 9.80 Å². The minimum Gasteiger partial charge on any atom is -0.340 e. The lowest BCUT2D eigenvalue weighted by Gasteiger charge is -2.34. The zero-order valence-electron chi connectivity index (χ0n) is 16.1. The van der Waals surface area contributed by atoms with Crippen LogP contribution in [0.5, 0.6) is 0 Å². The Labute approximate surface area is 178 Å². The fourth-order valence-electron chi connectivity index (χ4n) is 4.52. The minimum absolute atomic E-state index is 0.107. The zero-order valence-corrected chi connectivity index (χ0v) is 18.5. The van der Waals surface area contributed by atoms with Crippen LogP contribution < -0.4 is 4.90 Å². The van der Waals surface area contributed by atoms with Crippen molar-refractivity contribution in [2.24, 2.45) is 11.8 Å². The highest BCUT2D eigenvalue weighted by molar-refractivity contribution is 9.11. The Hall–Kier alpha value is -1.66. The third-order valence-corrected chi connectivity index (χ3v) is 7.56. The van der Waals surface area contributed by atoms with Crippen LogP contribution in [0.2, 0.25) is 0 Å². The van der Waals surface area contributed by atoms with Crippen molar-refractivity contribution in [2.45, 2.75) is 38.6 Å². The van der Waals surface area contributed by atoms with Gasteiger partial charge in [0.2, 0.25) is 11.8 Å². The van der Waals surface area contributed by atoms with Crippen molar-refractivity contribution >= 4 is 44.8 Å². The summed E-state index contributed by atoms with van der Waals surface area (Å²) in [5.41, 5.74) is 2.26. The molecular weight excluding hydrogens is 436 g/mol. The molecule has 4 nitrogen and oxygen atoms in total. The smallest absolute Gasteiger partial charge is 0.230 e. The number of fused-ring (bicyclic) bond motifs is 1. The summed E-state index contributed by atoms with van der Waals surface area (Å²) in [7, 11) is 1.86. The number of hydrogen-bond donors (Lipinski definition) is 0. The zero-order chi connectivity index (χ0) is 19.7. The molecule has 28 heavy (non-hydrogen) atoms. The van der Waals surface area contributed by atoms with E-state index in [1.807, 2.05) is 42.3 Å². The third kappa shape index (κ3) is 3.90. The molecule has 2 amide bonds. The lowest BCUT2D eigenvalue weighted by atomic mass is 9.77. The Morgan fingerprint density at radius 3 is 2.64 bits per heavy atom. The van der Waals surface area contributed by atoms with Crippen LogP contribution in [0.3, 0.4) is 0 Å². The molecule has 2 unspecified atom stereocenters. The van der Waals surface area contributed by atoms with Crippen LogP contribution in [0, 0.1) is 11.8 Å². The molecule has 4 rings (SSSR count).